The summed E-state index contributed by atoms with van der Waals surface area (Å²) >= 11 is 0. The third kappa shape index (κ3) is 3.43. The number of ketones is 1. The Bertz CT molecular complexity index is 822. The van der Waals surface area contributed by atoms with Gasteiger partial charge in [-0.2, -0.15) is 0 Å². The summed E-state index contributed by atoms with van der Waals surface area (Å²) in [6.45, 7) is 3.98. The number of nitrogens with zero attached hydrogens (tertiary/aromatic N) is 3. The quantitative estimate of drug-likeness (QED) is 0.775. The van der Waals surface area contributed by atoms with E-state index in [0.717, 1.165) is 37.7 Å². The van der Waals surface area contributed by atoms with Gasteiger partial charge in [-0.15, -0.1) is 0 Å². The van der Waals surface area contributed by atoms with Crippen LogP contribution in [0.1, 0.15) is 65.1 Å². The number of hydrogen-bond donors (Lipinski definition) is 0. The Balaban J connectivity index is 1.53. The van der Waals surface area contributed by atoms with E-state index in [1.54, 1.807) is 18.2 Å². The summed E-state index contributed by atoms with van der Waals surface area (Å²) in [4.78, 5) is 31.4. The summed E-state index contributed by atoms with van der Waals surface area (Å²) in [6, 6.07) is 7.13. The number of hydrogen-bond acceptors (Lipinski definition) is 3. The zero-order valence-corrected chi connectivity index (χ0v) is 15.2. The fourth-order valence-electron chi connectivity index (χ4n) is 3.93. The third-order valence-corrected chi connectivity index (χ3v) is 5.51. The summed E-state index contributed by atoms with van der Waals surface area (Å²) in [5.74, 6) is 2.06. The lowest BCUT2D eigenvalue weighted by atomic mass is 9.95. The molecule has 0 bridgehead atoms. The first kappa shape index (κ1) is 17.0. The van der Waals surface area contributed by atoms with E-state index in [0.29, 0.717) is 17.7 Å². The van der Waals surface area contributed by atoms with Gasteiger partial charge in [0.05, 0.1) is 5.56 Å². The average molecular weight is 351 g/mol. The molecule has 1 aromatic heterocycles. The Morgan fingerprint density at radius 2 is 1.92 bits per heavy atom. The number of piperidine rings is 1. The molecular formula is C21H25N3O2. The number of likely N-dealkylation sites (tertiary alicyclic amines) is 1. The number of amides is 1. The van der Waals surface area contributed by atoms with Crippen molar-refractivity contribution in [3.8, 4) is 0 Å². The molecular weight excluding hydrogens is 326 g/mol. The minimum atomic E-state index is -0.0671. The van der Waals surface area contributed by atoms with Crippen molar-refractivity contribution in [2.24, 2.45) is 5.92 Å². The Hall–Kier alpha value is -2.43. The molecule has 4 rings (SSSR count). The van der Waals surface area contributed by atoms with Crippen LogP contribution in [0.3, 0.4) is 0 Å². The zero-order chi connectivity index (χ0) is 18.1. The van der Waals surface area contributed by atoms with E-state index in [9.17, 15) is 9.59 Å². The molecule has 26 heavy (non-hydrogen) atoms. The largest absolute Gasteiger partial charge is 0.338 e. The van der Waals surface area contributed by atoms with Crippen LogP contribution < -0.4 is 0 Å². The van der Waals surface area contributed by atoms with E-state index < -0.39 is 0 Å². The van der Waals surface area contributed by atoms with Gasteiger partial charge in [0.1, 0.15) is 5.82 Å². The Kier molecular flexibility index (Phi) is 4.62. The maximum atomic E-state index is 13.1. The molecule has 0 unspecified atom stereocenters. The van der Waals surface area contributed by atoms with Gasteiger partial charge >= 0.3 is 0 Å². The first-order valence-corrected chi connectivity index (χ1v) is 9.53. The van der Waals surface area contributed by atoms with Crippen LogP contribution in [0, 0.1) is 5.92 Å². The maximum Gasteiger partial charge on any atom is 0.254 e. The fourth-order valence-corrected chi connectivity index (χ4v) is 3.93. The number of carbonyl (C=O) groups is 2. The van der Waals surface area contributed by atoms with Gasteiger partial charge in [0.15, 0.2) is 5.78 Å². The van der Waals surface area contributed by atoms with Crippen LogP contribution in [0.2, 0.25) is 0 Å². The molecule has 0 N–H and O–H groups in total. The third-order valence-electron chi connectivity index (χ3n) is 5.51. The Labute approximate surface area is 154 Å². The number of aromatic nitrogens is 2. The standard InChI is InChI=1S/C21H25N3O2/c1-15(25)18-6-2-3-7-19(18)21(26)24-11-4-5-17(14-24)20-22-10-12-23(20)13-16-8-9-16/h2-3,6-7,10,12,16-17H,4-5,8-9,11,13-14H2,1H3/t17-/m0/s1. The second-order valence-electron chi connectivity index (χ2n) is 7.57. The summed E-state index contributed by atoms with van der Waals surface area (Å²) in [5, 5.41) is 0. The molecule has 5 heteroatoms. The van der Waals surface area contributed by atoms with Crippen LogP contribution in [0.5, 0.6) is 0 Å². The van der Waals surface area contributed by atoms with Crippen LogP contribution >= 0.6 is 0 Å². The lowest BCUT2D eigenvalue weighted by Crippen LogP contribution is -2.40. The van der Waals surface area contributed by atoms with Crippen molar-refractivity contribution in [2.75, 3.05) is 13.1 Å². The normalized spacial score (nSPS) is 20.2. The second kappa shape index (κ2) is 7.06. The summed E-state index contributed by atoms with van der Waals surface area (Å²) < 4.78 is 2.28. The molecule has 1 aliphatic heterocycles. The van der Waals surface area contributed by atoms with Gasteiger partial charge in [-0.3, -0.25) is 9.59 Å². The molecule has 0 radical (unpaired) electrons. The van der Waals surface area contributed by atoms with Gasteiger partial charge in [-0.25, -0.2) is 4.98 Å². The molecule has 136 valence electrons. The van der Waals surface area contributed by atoms with Crippen LogP contribution in [0.15, 0.2) is 36.7 Å². The monoisotopic (exact) mass is 351 g/mol. The van der Waals surface area contributed by atoms with Gasteiger partial charge in [0, 0.05) is 43.5 Å². The highest BCUT2D eigenvalue weighted by Crippen LogP contribution is 2.33. The van der Waals surface area contributed by atoms with Crippen molar-refractivity contribution < 1.29 is 9.59 Å². The summed E-state index contributed by atoms with van der Waals surface area (Å²) in [5.41, 5.74) is 1.02. The van der Waals surface area contributed by atoms with Crippen molar-refractivity contribution in [1.29, 1.82) is 0 Å². The van der Waals surface area contributed by atoms with Gasteiger partial charge in [-0.05, 0) is 44.6 Å². The van der Waals surface area contributed by atoms with E-state index in [1.807, 2.05) is 17.2 Å². The molecule has 1 aromatic carbocycles. The molecule has 1 saturated carbocycles. The smallest absolute Gasteiger partial charge is 0.254 e. The minimum absolute atomic E-state index is 0.0409. The van der Waals surface area contributed by atoms with E-state index in [-0.39, 0.29) is 17.6 Å². The predicted molar refractivity (Wildman–Crippen MR) is 99.3 cm³/mol. The Morgan fingerprint density at radius 3 is 2.65 bits per heavy atom. The van der Waals surface area contributed by atoms with Crippen molar-refractivity contribution in [2.45, 2.75) is 45.1 Å². The topological polar surface area (TPSA) is 55.2 Å². The highest BCUT2D eigenvalue weighted by Gasteiger charge is 2.30. The molecule has 2 fully saturated rings. The molecule has 1 saturated heterocycles. The van der Waals surface area contributed by atoms with E-state index in [4.69, 9.17) is 0 Å². The SMILES string of the molecule is CC(=O)c1ccccc1C(=O)N1CCC[C@H](c2nccn2CC2CC2)C1. The summed E-state index contributed by atoms with van der Waals surface area (Å²) in [6.07, 6.45) is 8.60. The van der Waals surface area contributed by atoms with Crippen LogP contribution in [0.25, 0.3) is 0 Å². The minimum Gasteiger partial charge on any atom is -0.338 e. The van der Waals surface area contributed by atoms with Crippen LogP contribution in [0.4, 0.5) is 0 Å². The lowest BCUT2D eigenvalue weighted by Gasteiger charge is -2.33. The van der Waals surface area contributed by atoms with Crippen molar-refractivity contribution in [3.63, 3.8) is 0 Å². The van der Waals surface area contributed by atoms with Gasteiger partial charge in [0.2, 0.25) is 0 Å². The molecule has 2 aliphatic rings. The maximum absolute atomic E-state index is 13.1. The molecule has 2 heterocycles. The highest BCUT2D eigenvalue weighted by atomic mass is 16.2. The molecule has 1 aliphatic carbocycles. The van der Waals surface area contributed by atoms with Crippen molar-refractivity contribution in [3.05, 3.63) is 53.6 Å². The molecule has 5 nitrogen and oxygen atoms in total. The van der Waals surface area contributed by atoms with Crippen LogP contribution in [-0.2, 0) is 6.54 Å². The van der Waals surface area contributed by atoms with Crippen LogP contribution in [-0.4, -0.2) is 39.2 Å². The zero-order valence-electron chi connectivity index (χ0n) is 15.2. The number of imidazole rings is 1. The van der Waals surface area contributed by atoms with Gasteiger partial charge in [0.25, 0.3) is 5.91 Å². The first-order chi connectivity index (χ1) is 12.6. The van der Waals surface area contributed by atoms with Gasteiger partial charge in [-0.1, -0.05) is 18.2 Å². The average Bonchev–Trinajstić information content (AvgIpc) is 3.36. The van der Waals surface area contributed by atoms with Gasteiger partial charge < -0.3 is 9.47 Å². The molecule has 2 aromatic rings. The number of carbonyl (C=O) groups excluding carboxylic acids is 2. The second-order valence-corrected chi connectivity index (χ2v) is 7.57. The number of rotatable bonds is 5. The lowest BCUT2D eigenvalue weighted by molar-refractivity contribution is 0.0699. The van der Waals surface area contributed by atoms with E-state index in [1.165, 1.54) is 19.8 Å². The fraction of sp³-hybridized carbons (Fsp3) is 0.476. The first-order valence-electron chi connectivity index (χ1n) is 9.53. The number of benzene rings is 1. The number of Topliss-reactive ketones (excluding diaryl/α,β-unsaturated/α-hetero) is 1. The summed E-state index contributed by atoms with van der Waals surface area (Å²) in [7, 11) is 0. The molecule has 0 spiro atoms. The molecule has 1 atom stereocenters. The van der Waals surface area contributed by atoms with E-state index in [2.05, 4.69) is 15.7 Å². The highest BCUT2D eigenvalue weighted by molar-refractivity contribution is 6.07. The molecule has 1 amide bonds. The van der Waals surface area contributed by atoms with Crippen molar-refractivity contribution >= 4 is 11.7 Å². The predicted octanol–water partition coefficient (Wildman–Crippen LogP) is 3.52. The van der Waals surface area contributed by atoms with E-state index >= 15 is 0 Å². The van der Waals surface area contributed by atoms with Crippen molar-refractivity contribution in [1.82, 2.24) is 14.5 Å². The Morgan fingerprint density at radius 1 is 1.15 bits per heavy atom.